The first kappa shape index (κ1) is 18.5. The number of nitrogens with one attached hydrogen (secondary N) is 3. The van der Waals surface area contributed by atoms with Crippen LogP contribution >= 0.6 is 0 Å². The zero-order chi connectivity index (χ0) is 17.5. The van der Waals surface area contributed by atoms with E-state index in [2.05, 4.69) is 30.0 Å². The highest BCUT2D eigenvalue weighted by atomic mass is 16.5. The molecule has 24 heavy (non-hydrogen) atoms. The molecule has 6 heteroatoms. The van der Waals surface area contributed by atoms with Gasteiger partial charge in [0.15, 0.2) is 0 Å². The molecule has 3 N–H and O–H groups in total. The van der Waals surface area contributed by atoms with E-state index in [9.17, 15) is 4.79 Å². The average Bonchev–Trinajstić information content (AvgIpc) is 2.98. The molecule has 2 unspecified atom stereocenters. The maximum absolute atomic E-state index is 12.6. The molecule has 1 aromatic carbocycles. The van der Waals surface area contributed by atoms with E-state index in [0.717, 1.165) is 12.8 Å². The van der Waals surface area contributed by atoms with Gasteiger partial charge in [0.2, 0.25) is 5.91 Å². The van der Waals surface area contributed by atoms with Crippen LogP contribution in [0.15, 0.2) is 18.2 Å². The molecule has 1 fully saturated rings. The number of rotatable bonds is 8. The van der Waals surface area contributed by atoms with Gasteiger partial charge in [-0.2, -0.15) is 0 Å². The first-order valence-corrected chi connectivity index (χ1v) is 8.75. The van der Waals surface area contributed by atoms with Crippen LogP contribution in [0.2, 0.25) is 0 Å². The van der Waals surface area contributed by atoms with Crippen molar-refractivity contribution in [2.24, 2.45) is 5.92 Å². The van der Waals surface area contributed by atoms with E-state index >= 15 is 0 Å². The van der Waals surface area contributed by atoms with Crippen LogP contribution in [0, 0.1) is 5.92 Å². The predicted molar refractivity (Wildman–Crippen MR) is 95.3 cm³/mol. The minimum absolute atomic E-state index is 0.0663. The number of carbonyl (C=O) groups excluding carboxylic acids is 1. The monoisotopic (exact) mass is 335 g/mol. The molecule has 6 nitrogen and oxygen atoms in total. The van der Waals surface area contributed by atoms with Crippen LogP contribution in [0.3, 0.4) is 0 Å². The maximum Gasteiger partial charge on any atom is 0.243 e. The molecule has 1 saturated heterocycles. The number of carbonyl (C=O) groups is 1. The van der Waals surface area contributed by atoms with Crippen molar-refractivity contribution in [1.82, 2.24) is 10.9 Å². The number of ether oxygens (including phenoxy) is 2. The highest BCUT2D eigenvalue weighted by Crippen LogP contribution is 2.30. The third-order valence-electron chi connectivity index (χ3n) is 3.87. The van der Waals surface area contributed by atoms with Crippen LogP contribution in [0.5, 0.6) is 11.5 Å². The van der Waals surface area contributed by atoms with Crippen LogP contribution in [-0.4, -0.2) is 31.2 Å². The summed E-state index contributed by atoms with van der Waals surface area (Å²) in [5.74, 6) is 1.90. The Morgan fingerprint density at radius 2 is 2.00 bits per heavy atom. The second kappa shape index (κ2) is 8.89. The van der Waals surface area contributed by atoms with Crippen molar-refractivity contribution in [3.8, 4) is 11.5 Å². The van der Waals surface area contributed by atoms with E-state index in [1.54, 1.807) is 6.07 Å². The third kappa shape index (κ3) is 5.11. The van der Waals surface area contributed by atoms with Crippen LogP contribution in [0.25, 0.3) is 0 Å². The molecular formula is C18H29N3O3. The Labute approximate surface area is 144 Å². The molecule has 0 saturated carbocycles. The van der Waals surface area contributed by atoms with E-state index in [0.29, 0.717) is 42.4 Å². The van der Waals surface area contributed by atoms with Crippen molar-refractivity contribution < 1.29 is 14.3 Å². The topological polar surface area (TPSA) is 71.6 Å². The Kier molecular flexibility index (Phi) is 6.87. The van der Waals surface area contributed by atoms with Gasteiger partial charge in [0.05, 0.1) is 18.9 Å². The van der Waals surface area contributed by atoms with Gasteiger partial charge in [0.25, 0.3) is 0 Å². The standard InChI is InChI=1S/C18H29N3O3/c1-5-23-14-7-8-17(24-6-2)15(11-14)19-18(22)16-10-13(20-21-16)9-12(3)4/h7-8,11-13,16,20-21H,5-6,9-10H2,1-4H3,(H,19,22). The lowest BCUT2D eigenvalue weighted by atomic mass is 10.00. The molecule has 0 aromatic heterocycles. The highest BCUT2D eigenvalue weighted by Gasteiger charge is 2.30. The van der Waals surface area contributed by atoms with Crippen molar-refractivity contribution >= 4 is 11.6 Å². The van der Waals surface area contributed by atoms with Gasteiger partial charge in [-0.05, 0) is 44.7 Å². The van der Waals surface area contributed by atoms with Gasteiger partial charge in [0, 0.05) is 12.1 Å². The molecule has 1 aliphatic heterocycles. The van der Waals surface area contributed by atoms with Crippen LogP contribution in [0.1, 0.15) is 40.5 Å². The molecule has 2 atom stereocenters. The van der Waals surface area contributed by atoms with E-state index in [1.165, 1.54) is 0 Å². The van der Waals surface area contributed by atoms with Gasteiger partial charge < -0.3 is 14.8 Å². The fourth-order valence-corrected chi connectivity index (χ4v) is 2.88. The molecule has 1 aliphatic rings. The van der Waals surface area contributed by atoms with Crippen LogP contribution in [0.4, 0.5) is 5.69 Å². The minimum atomic E-state index is -0.251. The molecule has 2 rings (SSSR count). The van der Waals surface area contributed by atoms with Gasteiger partial charge in [-0.3, -0.25) is 10.2 Å². The zero-order valence-corrected chi connectivity index (χ0v) is 15.0. The SMILES string of the molecule is CCOc1ccc(OCC)c(NC(=O)C2CC(CC(C)C)NN2)c1. The lowest BCUT2D eigenvalue weighted by Gasteiger charge is -2.15. The summed E-state index contributed by atoms with van der Waals surface area (Å²) in [6, 6.07) is 5.55. The van der Waals surface area contributed by atoms with Crippen LogP contribution < -0.4 is 25.6 Å². The summed E-state index contributed by atoms with van der Waals surface area (Å²) in [6.07, 6.45) is 1.82. The van der Waals surface area contributed by atoms with Gasteiger partial charge in [-0.25, -0.2) is 5.43 Å². The first-order valence-electron chi connectivity index (χ1n) is 8.75. The Morgan fingerprint density at radius 1 is 1.25 bits per heavy atom. The summed E-state index contributed by atoms with van der Waals surface area (Å²) < 4.78 is 11.1. The fraction of sp³-hybridized carbons (Fsp3) is 0.611. The van der Waals surface area contributed by atoms with Crippen molar-refractivity contribution in [2.75, 3.05) is 18.5 Å². The van der Waals surface area contributed by atoms with E-state index in [1.807, 2.05) is 26.0 Å². The lowest BCUT2D eigenvalue weighted by molar-refractivity contribution is -0.117. The summed E-state index contributed by atoms with van der Waals surface area (Å²) in [5.41, 5.74) is 6.94. The second-order valence-electron chi connectivity index (χ2n) is 6.42. The smallest absolute Gasteiger partial charge is 0.243 e. The van der Waals surface area contributed by atoms with Crippen molar-refractivity contribution in [3.63, 3.8) is 0 Å². The van der Waals surface area contributed by atoms with Crippen molar-refractivity contribution in [2.45, 2.75) is 52.6 Å². The van der Waals surface area contributed by atoms with E-state index in [4.69, 9.17) is 9.47 Å². The summed E-state index contributed by atoms with van der Waals surface area (Å²) in [5, 5.41) is 2.96. The Balaban J connectivity index is 2.03. The summed E-state index contributed by atoms with van der Waals surface area (Å²) >= 11 is 0. The number of hydrazine groups is 1. The zero-order valence-electron chi connectivity index (χ0n) is 15.0. The van der Waals surface area contributed by atoms with E-state index in [-0.39, 0.29) is 11.9 Å². The van der Waals surface area contributed by atoms with Gasteiger partial charge in [-0.1, -0.05) is 13.8 Å². The number of hydrogen-bond acceptors (Lipinski definition) is 5. The molecule has 1 aromatic rings. The normalized spacial score (nSPS) is 20.2. The highest BCUT2D eigenvalue weighted by molar-refractivity contribution is 5.96. The average molecular weight is 335 g/mol. The van der Waals surface area contributed by atoms with Gasteiger partial charge in [-0.15, -0.1) is 0 Å². The Bertz CT molecular complexity index is 548. The minimum Gasteiger partial charge on any atom is -0.494 e. The molecule has 0 radical (unpaired) electrons. The lowest BCUT2D eigenvalue weighted by Crippen LogP contribution is -2.40. The number of amides is 1. The summed E-state index contributed by atoms with van der Waals surface area (Å²) in [6.45, 7) is 9.33. The van der Waals surface area contributed by atoms with Crippen molar-refractivity contribution in [3.05, 3.63) is 18.2 Å². The maximum atomic E-state index is 12.6. The van der Waals surface area contributed by atoms with Crippen LogP contribution in [-0.2, 0) is 4.79 Å². The number of hydrogen-bond donors (Lipinski definition) is 3. The summed E-state index contributed by atoms with van der Waals surface area (Å²) in [4.78, 5) is 12.6. The fourth-order valence-electron chi connectivity index (χ4n) is 2.88. The Morgan fingerprint density at radius 3 is 2.67 bits per heavy atom. The number of anilines is 1. The molecule has 134 valence electrons. The first-order chi connectivity index (χ1) is 11.5. The largest absolute Gasteiger partial charge is 0.494 e. The molecule has 0 bridgehead atoms. The quantitative estimate of drug-likeness (QED) is 0.681. The van der Waals surface area contributed by atoms with Crippen molar-refractivity contribution in [1.29, 1.82) is 0 Å². The van der Waals surface area contributed by atoms with E-state index < -0.39 is 0 Å². The third-order valence-corrected chi connectivity index (χ3v) is 3.87. The van der Waals surface area contributed by atoms with Gasteiger partial charge >= 0.3 is 0 Å². The summed E-state index contributed by atoms with van der Waals surface area (Å²) in [7, 11) is 0. The predicted octanol–water partition coefficient (Wildman–Crippen LogP) is 2.70. The second-order valence-corrected chi connectivity index (χ2v) is 6.42. The molecule has 1 heterocycles. The Hall–Kier alpha value is -1.79. The number of benzene rings is 1. The molecular weight excluding hydrogens is 306 g/mol. The molecule has 0 spiro atoms. The molecule has 0 aliphatic carbocycles. The van der Waals surface area contributed by atoms with Gasteiger partial charge in [0.1, 0.15) is 17.5 Å². The molecule has 1 amide bonds.